The Labute approximate surface area is 183 Å². The van der Waals surface area contributed by atoms with Crippen LogP contribution in [0, 0.1) is 0 Å². The average molecular weight is 465 g/mol. The Morgan fingerprint density at radius 3 is 2.50 bits per heavy atom. The van der Waals surface area contributed by atoms with E-state index in [2.05, 4.69) is 40.1 Å². The lowest BCUT2D eigenvalue weighted by Crippen LogP contribution is -2.11. The van der Waals surface area contributed by atoms with Crippen molar-refractivity contribution in [1.82, 2.24) is 4.98 Å². The normalized spacial score (nSPS) is 11.1. The van der Waals surface area contributed by atoms with Crippen LogP contribution >= 0.6 is 15.9 Å². The number of benzene rings is 3. The highest BCUT2D eigenvalue weighted by Gasteiger charge is 2.13. The highest BCUT2D eigenvalue weighted by Crippen LogP contribution is 2.32. The van der Waals surface area contributed by atoms with Crippen molar-refractivity contribution in [3.8, 4) is 17.2 Å². The van der Waals surface area contributed by atoms with Crippen molar-refractivity contribution in [3.05, 3.63) is 76.3 Å². The molecule has 30 heavy (non-hydrogen) atoms. The summed E-state index contributed by atoms with van der Waals surface area (Å²) in [6, 6.07) is 18.7. The number of anilines is 1. The largest absolute Gasteiger partial charge is 0.496 e. The number of halogens is 1. The first-order valence-corrected chi connectivity index (χ1v) is 10.4. The molecule has 1 N–H and O–H groups in total. The lowest BCUT2D eigenvalue weighted by atomic mass is 10.0. The minimum atomic E-state index is -0.160. The molecule has 0 aliphatic rings. The van der Waals surface area contributed by atoms with Crippen molar-refractivity contribution in [3.63, 3.8) is 0 Å². The monoisotopic (exact) mass is 464 g/mol. The molecule has 0 aliphatic carbocycles. The molecule has 0 spiro atoms. The predicted octanol–water partition coefficient (Wildman–Crippen LogP) is 6.64. The zero-order valence-corrected chi connectivity index (χ0v) is 18.5. The Hall–Kier alpha value is -3.12. The van der Waals surface area contributed by atoms with E-state index in [1.54, 1.807) is 13.2 Å². The van der Waals surface area contributed by atoms with Gasteiger partial charge in [0.15, 0.2) is 5.58 Å². The first-order chi connectivity index (χ1) is 14.4. The number of methoxy groups -OCH3 is 1. The molecule has 152 valence electrons. The van der Waals surface area contributed by atoms with Gasteiger partial charge in [-0.15, -0.1) is 0 Å². The number of rotatable bonds is 5. The summed E-state index contributed by atoms with van der Waals surface area (Å²) in [5.74, 6) is 1.51. The Kier molecular flexibility index (Phi) is 5.59. The van der Waals surface area contributed by atoms with Crippen LogP contribution in [-0.2, 0) is 0 Å². The second-order valence-corrected chi connectivity index (χ2v) is 8.14. The topological polar surface area (TPSA) is 64.4 Å². The van der Waals surface area contributed by atoms with E-state index in [1.807, 2.05) is 54.6 Å². The third-order valence-corrected chi connectivity index (χ3v) is 5.50. The summed E-state index contributed by atoms with van der Waals surface area (Å²) in [6.07, 6.45) is 0. The molecule has 0 fully saturated rings. The summed E-state index contributed by atoms with van der Waals surface area (Å²) in [5.41, 5.74) is 4.63. The van der Waals surface area contributed by atoms with Gasteiger partial charge in [-0.3, -0.25) is 4.79 Å². The molecule has 0 bridgehead atoms. The number of fused-ring (bicyclic) bond motifs is 1. The van der Waals surface area contributed by atoms with Gasteiger partial charge in [0.2, 0.25) is 5.89 Å². The molecule has 0 saturated carbocycles. The molecule has 0 unspecified atom stereocenters. The number of oxazole rings is 1. The quantitative estimate of drug-likeness (QED) is 0.359. The van der Waals surface area contributed by atoms with Gasteiger partial charge in [0.25, 0.3) is 5.91 Å². The Morgan fingerprint density at radius 1 is 1.07 bits per heavy atom. The fourth-order valence-corrected chi connectivity index (χ4v) is 3.69. The maximum Gasteiger partial charge on any atom is 0.255 e. The summed E-state index contributed by atoms with van der Waals surface area (Å²) >= 11 is 3.48. The van der Waals surface area contributed by atoms with E-state index in [4.69, 9.17) is 9.15 Å². The van der Waals surface area contributed by atoms with Gasteiger partial charge >= 0.3 is 0 Å². The molecule has 1 heterocycles. The van der Waals surface area contributed by atoms with Crippen LogP contribution in [0.4, 0.5) is 5.69 Å². The molecule has 3 aromatic carbocycles. The van der Waals surface area contributed by atoms with Crippen LogP contribution in [0.3, 0.4) is 0 Å². The van der Waals surface area contributed by atoms with Gasteiger partial charge in [-0.1, -0.05) is 26.0 Å². The first kappa shape index (κ1) is 20.2. The SMILES string of the molecule is COc1ccc(-c2nc3cc(NC(=O)c4ccc(C(C)C)cc4)ccc3o2)cc1Br. The minimum absolute atomic E-state index is 0.160. The fourth-order valence-electron chi connectivity index (χ4n) is 3.15. The molecule has 1 amide bonds. The molecule has 0 atom stereocenters. The third kappa shape index (κ3) is 4.09. The van der Waals surface area contributed by atoms with Crippen LogP contribution in [0.1, 0.15) is 35.7 Å². The average Bonchev–Trinajstić information content (AvgIpc) is 3.17. The molecule has 0 radical (unpaired) electrons. The molecule has 1 aromatic heterocycles. The number of hydrogen-bond acceptors (Lipinski definition) is 4. The second-order valence-electron chi connectivity index (χ2n) is 7.28. The predicted molar refractivity (Wildman–Crippen MR) is 122 cm³/mol. The van der Waals surface area contributed by atoms with Crippen molar-refractivity contribution in [2.75, 3.05) is 12.4 Å². The molecule has 4 rings (SSSR count). The van der Waals surface area contributed by atoms with Gasteiger partial charge in [0.1, 0.15) is 11.3 Å². The summed E-state index contributed by atoms with van der Waals surface area (Å²) in [7, 11) is 1.62. The van der Waals surface area contributed by atoms with Crippen LogP contribution in [0.2, 0.25) is 0 Å². The van der Waals surface area contributed by atoms with Gasteiger partial charge < -0.3 is 14.5 Å². The van der Waals surface area contributed by atoms with Crippen molar-refractivity contribution < 1.29 is 13.9 Å². The number of nitrogens with zero attached hydrogens (tertiary/aromatic N) is 1. The van der Waals surface area contributed by atoms with E-state index in [0.717, 1.165) is 15.8 Å². The van der Waals surface area contributed by atoms with E-state index in [-0.39, 0.29) is 5.91 Å². The molecule has 5 nitrogen and oxygen atoms in total. The Balaban J connectivity index is 1.56. The standard InChI is InChI=1S/C24H21BrN2O3/c1-14(2)15-4-6-16(7-5-15)23(28)26-18-9-11-22-20(13-18)27-24(30-22)17-8-10-21(29-3)19(25)12-17/h4-14H,1-3H3,(H,26,28). The summed E-state index contributed by atoms with van der Waals surface area (Å²) in [5, 5.41) is 2.93. The van der Waals surface area contributed by atoms with Gasteiger partial charge in [-0.2, -0.15) is 0 Å². The van der Waals surface area contributed by atoms with Gasteiger partial charge in [0, 0.05) is 16.8 Å². The van der Waals surface area contributed by atoms with E-state index in [1.165, 1.54) is 5.56 Å². The number of amides is 1. The van der Waals surface area contributed by atoms with Gasteiger partial charge in [-0.25, -0.2) is 4.98 Å². The smallest absolute Gasteiger partial charge is 0.255 e. The second kappa shape index (κ2) is 8.32. The lowest BCUT2D eigenvalue weighted by Gasteiger charge is -2.08. The maximum absolute atomic E-state index is 12.6. The van der Waals surface area contributed by atoms with Crippen LogP contribution < -0.4 is 10.1 Å². The van der Waals surface area contributed by atoms with Crippen LogP contribution in [0.15, 0.2) is 69.6 Å². The molecular weight excluding hydrogens is 444 g/mol. The van der Waals surface area contributed by atoms with Crippen molar-refractivity contribution in [2.24, 2.45) is 0 Å². The highest BCUT2D eigenvalue weighted by molar-refractivity contribution is 9.10. The maximum atomic E-state index is 12.6. The fraction of sp³-hybridized carbons (Fsp3) is 0.167. The third-order valence-electron chi connectivity index (χ3n) is 4.88. The van der Waals surface area contributed by atoms with E-state index < -0.39 is 0 Å². The Bertz CT molecular complexity index is 1210. The van der Waals surface area contributed by atoms with Crippen LogP contribution in [0.25, 0.3) is 22.6 Å². The van der Waals surface area contributed by atoms with Crippen LogP contribution in [-0.4, -0.2) is 18.0 Å². The number of carbonyl (C=O) groups excluding carboxylic acids is 1. The van der Waals surface area contributed by atoms with Gasteiger partial charge in [-0.05, 0) is 75.9 Å². The highest BCUT2D eigenvalue weighted by atomic mass is 79.9. The number of hydrogen-bond donors (Lipinski definition) is 1. The van der Waals surface area contributed by atoms with Crippen molar-refractivity contribution in [1.29, 1.82) is 0 Å². The van der Waals surface area contributed by atoms with Crippen molar-refractivity contribution in [2.45, 2.75) is 19.8 Å². The lowest BCUT2D eigenvalue weighted by molar-refractivity contribution is 0.102. The molecule has 6 heteroatoms. The Morgan fingerprint density at radius 2 is 1.83 bits per heavy atom. The molecular formula is C24H21BrN2O3. The number of carbonyl (C=O) groups is 1. The number of aromatic nitrogens is 1. The summed E-state index contributed by atoms with van der Waals surface area (Å²) in [4.78, 5) is 17.2. The molecule has 0 saturated heterocycles. The van der Waals surface area contributed by atoms with Crippen molar-refractivity contribution >= 4 is 38.6 Å². The van der Waals surface area contributed by atoms with E-state index in [0.29, 0.717) is 34.2 Å². The summed E-state index contributed by atoms with van der Waals surface area (Å²) in [6.45, 7) is 4.25. The zero-order chi connectivity index (χ0) is 21.3. The van der Waals surface area contributed by atoms with Crippen LogP contribution in [0.5, 0.6) is 5.75 Å². The minimum Gasteiger partial charge on any atom is -0.496 e. The van der Waals surface area contributed by atoms with E-state index in [9.17, 15) is 4.79 Å². The van der Waals surface area contributed by atoms with Gasteiger partial charge in [0.05, 0.1) is 11.6 Å². The summed E-state index contributed by atoms with van der Waals surface area (Å²) < 4.78 is 12.0. The first-order valence-electron chi connectivity index (χ1n) is 9.60. The number of nitrogens with one attached hydrogen (secondary N) is 1. The molecule has 0 aliphatic heterocycles. The van der Waals surface area contributed by atoms with E-state index >= 15 is 0 Å². The number of ether oxygens (including phenoxy) is 1. The zero-order valence-electron chi connectivity index (χ0n) is 16.9. The molecule has 4 aromatic rings.